The minimum atomic E-state index is 0.457. The Balaban J connectivity index is 2.19. The van der Waals surface area contributed by atoms with Crippen molar-refractivity contribution < 1.29 is 4.74 Å². The Morgan fingerprint density at radius 3 is 2.72 bits per heavy atom. The summed E-state index contributed by atoms with van der Waals surface area (Å²) >= 11 is 9.48. The van der Waals surface area contributed by atoms with E-state index in [0.717, 1.165) is 27.2 Å². The Morgan fingerprint density at radius 2 is 2.11 bits per heavy atom. The van der Waals surface area contributed by atoms with Gasteiger partial charge in [-0.1, -0.05) is 17.7 Å². The van der Waals surface area contributed by atoms with E-state index < -0.39 is 0 Å². The standard InChI is InChI=1S/C13H14BrClN2O/c1-8-4-5-10(15)6-12(8)18-7-11-13(14)9(2)16-17(11)3/h4-6H,7H2,1-3H3. The third-order valence-electron chi connectivity index (χ3n) is 2.78. The molecule has 18 heavy (non-hydrogen) atoms. The second kappa shape index (κ2) is 5.33. The van der Waals surface area contributed by atoms with E-state index in [2.05, 4.69) is 21.0 Å². The highest BCUT2D eigenvalue weighted by atomic mass is 79.9. The van der Waals surface area contributed by atoms with Crippen molar-refractivity contribution in [3.05, 3.63) is 44.6 Å². The monoisotopic (exact) mass is 328 g/mol. The molecule has 1 aromatic carbocycles. The highest BCUT2D eigenvalue weighted by Crippen LogP contribution is 2.26. The van der Waals surface area contributed by atoms with E-state index >= 15 is 0 Å². The first-order valence-corrected chi connectivity index (χ1v) is 6.73. The molecule has 0 unspecified atom stereocenters. The van der Waals surface area contributed by atoms with Gasteiger partial charge in [-0.05, 0) is 47.5 Å². The molecule has 1 aromatic heterocycles. The van der Waals surface area contributed by atoms with Gasteiger partial charge >= 0.3 is 0 Å². The van der Waals surface area contributed by atoms with E-state index in [1.165, 1.54) is 0 Å². The SMILES string of the molecule is Cc1ccc(Cl)cc1OCc1c(Br)c(C)nn1C. The summed E-state index contributed by atoms with van der Waals surface area (Å²) in [6, 6.07) is 5.63. The molecule has 0 bridgehead atoms. The summed E-state index contributed by atoms with van der Waals surface area (Å²) in [5, 5.41) is 5.00. The molecule has 0 fully saturated rings. The number of nitrogens with zero attached hydrogens (tertiary/aromatic N) is 2. The maximum atomic E-state index is 5.96. The molecule has 0 radical (unpaired) electrons. The normalized spacial score (nSPS) is 10.7. The van der Waals surface area contributed by atoms with Crippen LogP contribution in [0.1, 0.15) is 17.0 Å². The number of hydrogen-bond donors (Lipinski definition) is 0. The fourth-order valence-corrected chi connectivity index (χ4v) is 2.32. The average Bonchev–Trinajstić information content (AvgIpc) is 2.55. The van der Waals surface area contributed by atoms with Crippen molar-refractivity contribution in [1.29, 1.82) is 0 Å². The van der Waals surface area contributed by atoms with E-state index in [4.69, 9.17) is 16.3 Å². The zero-order valence-electron chi connectivity index (χ0n) is 10.5. The fraction of sp³-hybridized carbons (Fsp3) is 0.308. The molecule has 2 aromatic rings. The van der Waals surface area contributed by atoms with E-state index in [0.29, 0.717) is 11.6 Å². The van der Waals surface area contributed by atoms with Crippen LogP contribution in [0.25, 0.3) is 0 Å². The van der Waals surface area contributed by atoms with Crippen molar-refractivity contribution in [2.24, 2.45) is 7.05 Å². The molecule has 0 N–H and O–H groups in total. The summed E-state index contributed by atoms with van der Waals surface area (Å²) in [7, 11) is 1.90. The number of halogens is 2. The van der Waals surface area contributed by atoms with Gasteiger partial charge in [-0.2, -0.15) is 5.10 Å². The maximum Gasteiger partial charge on any atom is 0.131 e. The number of hydrogen-bond acceptors (Lipinski definition) is 2. The van der Waals surface area contributed by atoms with Crippen LogP contribution in [-0.2, 0) is 13.7 Å². The molecule has 0 spiro atoms. The van der Waals surface area contributed by atoms with Gasteiger partial charge in [0, 0.05) is 12.1 Å². The Bertz CT molecular complexity index is 581. The summed E-state index contributed by atoms with van der Waals surface area (Å²) in [6.45, 7) is 4.41. The van der Waals surface area contributed by atoms with Crippen LogP contribution in [0.2, 0.25) is 5.02 Å². The number of benzene rings is 1. The lowest BCUT2D eigenvalue weighted by molar-refractivity contribution is 0.292. The van der Waals surface area contributed by atoms with Gasteiger partial charge in [0.05, 0.1) is 15.9 Å². The average molecular weight is 330 g/mol. The van der Waals surface area contributed by atoms with Crippen LogP contribution in [0.3, 0.4) is 0 Å². The van der Waals surface area contributed by atoms with Gasteiger partial charge in [-0.25, -0.2) is 0 Å². The maximum absolute atomic E-state index is 5.96. The van der Waals surface area contributed by atoms with Crippen LogP contribution in [0.4, 0.5) is 0 Å². The quantitative estimate of drug-likeness (QED) is 0.850. The molecule has 0 aliphatic carbocycles. The number of ether oxygens (including phenoxy) is 1. The second-order valence-corrected chi connectivity index (χ2v) is 5.40. The largest absolute Gasteiger partial charge is 0.487 e. The van der Waals surface area contributed by atoms with Gasteiger partial charge in [0.1, 0.15) is 12.4 Å². The molecular formula is C13H14BrClN2O. The van der Waals surface area contributed by atoms with Gasteiger partial charge < -0.3 is 4.74 Å². The van der Waals surface area contributed by atoms with Crippen molar-refractivity contribution in [3.63, 3.8) is 0 Å². The molecule has 5 heteroatoms. The Labute approximate surface area is 120 Å². The fourth-order valence-electron chi connectivity index (χ4n) is 1.71. The molecule has 96 valence electrons. The van der Waals surface area contributed by atoms with Crippen molar-refractivity contribution in [2.45, 2.75) is 20.5 Å². The third kappa shape index (κ3) is 2.70. The molecule has 0 saturated heterocycles. The van der Waals surface area contributed by atoms with Gasteiger partial charge in [-0.15, -0.1) is 0 Å². The minimum Gasteiger partial charge on any atom is -0.487 e. The summed E-state index contributed by atoms with van der Waals surface area (Å²) in [5.74, 6) is 0.799. The minimum absolute atomic E-state index is 0.457. The molecule has 0 saturated carbocycles. The van der Waals surface area contributed by atoms with Gasteiger partial charge in [-0.3, -0.25) is 4.68 Å². The van der Waals surface area contributed by atoms with Crippen LogP contribution in [0.5, 0.6) is 5.75 Å². The van der Waals surface area contributed by atoms with Crippen LogP contribution >= 0.6 is 27.5 Å². The van der Waals surface area contributed by atoms with Crippen LogP contribution in [0, 0.1) is 13.8 Å². The van der Waals surface area contributed by atoms with Crippen LogP contribution in [0.15, 0.2) is 22.7 Å². The smallest absolute Gasteiger partial charge is 0.131 e. The van der Waals surface area contributed by atoms with E-state index in [1.807, 2.05) is 43.8 Å². The van der Waals surface area contributed by atoms with Gasteiger partial charge in [0.2, 0.25) is 0 Å². The molecule has 0 aliphatic rings. The van der Waals surface area contributed by atoms with E-state index in [9.17, 15) is 0 Å². The lowest BCUT2D eigenvalue weighted by atomic mass is 10.2. The lowest BCUT2D eigenvalue weighted by Crippen LogP contribution is -2.04. The molecule has 2 rings (SSSR count). The van der Waals surface area contributed by atoms with E-state index in [1.54, 1.807) is 0 Å². The van der Waals surface area contributed by atoms with Crippen molar-refractivity contribution >= 4 is 27.5 Å². The number of aryl methyl sites for hydroxylation is 3. The summed E-state index contributed by atoms with van der Waals surface area (Å²) in [6.07, 6.45) is 0. The summed E-state index contributed by atoms with van der Waals surface area (Å²) in [4.78, 5) is 0. The van der Waals surface area contributed by atoms with Crippen molar-refractivity contribution in [3.8, 4) is 5.75 Å². The first kappa shape index (κ1) is 13.4. The lowest BCUT2D eigenvalue weighted by Gasteiger charge is -2.10. The van der Waals surface area contributed by atoms with Gasteiger partial charge in [0.15, 0.2) is 0 Å². The molecule has 0 atom stereocenters. The highest BCUT2D eigenvalue weighted by molar-refractivity contribution is 9.10. The first-order valence-electron chi connectivity index (χ1n) is 5.56. The molecule has 0 amide bonds. The van der Waals surface area contributed by atoms with E-state index in [-0.39, 0.29) is 0 Å². The second-order valence-electron chi connectivity index (χ2n) is 4.17. The summed E-state index contributed by atoms with van der Waals surface area (Å²) < 4.78 is 8.61. The van der Waals surface area contributed by atoms with Crippen LogP contribution in [-0.4, -0.2) is 9.78 Å². The number of rotatable bonds is 3. The van der Waals surface area contributed by atoms with Crippen molar-refractivity contribution in [2.75, 3.05) is 0 Å². The Morgan fingerprint density at radius 1 is 1.39 bits per heavy atom. The molecule has 3 nitrogen and oxygen atoms in total. The van der Waals surface area contributed by atoms with Gasteiger partial charge in [0.25, 0.3) is 0 Å². The Hall–Kier alpha value is -1.00. The number of aromatic nitrogens is 2. The molecule has 1 heterocycles. The predicted octanol–water partition coefficient (Wildman–Crippen LogP) is 4.03. The van der Waals surface area contributed by atoms with Crippen LogP contribution < -0.4 is 4.74 Å². The third-order valence-corrected chi connectivity index (χ3v) is 4.04. The zero-order valence-corrected chi connectivity index (χ0v) is 12.8. The predicted molar refractivity (Wildman–Crippen MR) is 76.2 cm³/mol. The summed E-state index contributed by atoms with van der Waals surface area (Å²) in [5.41, 5.74) is 3.03. The Kier molecular flexibility index (Phi) is 3.97. The first-order chi connectivity index (χ1) is 8.49. The zero-order chi connectivity index (χ0) is 13.3. The highest BCUT2D eigenvalue weighted by Gasteiger charge is 2.11. The topological polar surface area (TPSA) is 27.1 Å². The molecule has 0 aliphatic heterocycles. The molecular weight excluding hydrogens is 316 g/mol. The van der Waals surface area contributed by atoms with Crippen molar-refractivity contribution in [1.82, 2.24) is 9.78 Å².